The van der Waals surface area contributed by atoms with Crippen molar-refractivity contribution in [2.24, 2.45) is 0 Å². The van der Waals surface area contributed by atoms with Crippen LogP contribution in [0.1, 0.15) is 50.5 Å². The molecular formula is C19H23N5O2S. The molecule has 0 aromatic carbocycles. The predicted octanol–water partition coefficient (Wildman–Crippen LogP) is 2.29. The summed E-state index contributed by atoms with van der Waals surface area (Å²) in [6.07, 6.45) is 4.77. The summed E-state index contributed by atoms with van der Waals surface area (Å²) in [5.41, 5.74) is 3.07. The van der Waals surface area contributed by atoms with E-state index in [4.69, 9.17) is 9.72 Å². The first-order valence-corrected chi connectivity index (χ1v) is 10.4. The normalized spacial score (nSPS) is 24.2. The SMILES string of the molecule is Cc1nc(C)c(C(=O)N2C3CCC2c2cnc(N4CCOCC4)nc2C3)s1. The fourth-order valence-electron chi connectivity index (χ4n) is 4.54. The second-order valence-corrected chi connectivity index (χ2v) is 8.69. The van der Waals surface area contributed by atoms with Crippen molar-refractivity contribution in [3.05, 3.63) is 33.0 Å². The molecule has 2 atom stereocenters. The highest BCUT2D eigenvalue weighted by Crippen LogP contribution is 2.44. The van der Waals surface area contributed by atoms with E-state index in [1.54, 1.807) is 0 Å². The van der Waals surface area contributed by atoms with Crippen LogP contribution in [0.25, 0.3) is 0 Å². The van der Waals surface area contributed by atoms with Gasteiger partial charge in [-0.3, -0.25) is 4.79 Å². The molecule has 27 heavy (non-hydrogen) atoms. The topological polar surface area (TPSA) is 71.5 Å². The number of carbonyl (C=O) groups is 1. The number of carbonyl (C=O) groups excluding carboxylic acids is 1. The van der Waals surface area contributed by atoms with Crippen LogP contribution in [-0.4, -0.2) is 58.1 Å². The van der Waals surface area contributed by atoms with Gasteiger partial charge in [0, 0.05) is 37.3 Å². The van der Waals surface area contributed by atoms with Crippen molar-refractivity contribution in [3.8, 4) is 0 Å². The number of fused-ring (bicyclic) bond motifs is 4. The van der Waals surface area contributed by atoms with Crippen LogP contribution >= 0.6 is 11.3 Å². The molecule has 0 saturated carbocycles. The number of hydrogen-bond acceptors (Lipinski definition) is 7. The van der Waals surface area contributed by atoms with Crippen LogP contribution in [0.4, 0.5) is 5.95 Å². The Bertz CT molecular complexity index is 892. The summed E-state index contributed by atoms with van der Waals surface area (Å²) in [5.74, 6) is 0.915. The quantitative estimate of drug-likeness (QED) is 0.790. The fraction of sp³-hybridized carbons (Fsp3) is 0.579. The van der Waals surface area contributed by atoms with Gasteiger partial charge in [0.1, 0.15) is 4.88 Å². The summed E-state index contributed by atoms with van der Waals surface area (Å²) in [6, 6.07) is 0.316. The first-order chi connectivity index (χ1) is 13.1. The molecule has 1 amide bonds. The van der Waals surface area contributed by atoms with Gasteiger partial charge in [0.25, 0.3) is 5.91 Å². The molecule has 2 unspecified atom stereocenters. The van der Waals surface area contributed by atoms with E-state index in [1.165, 1.54) is 11.3 Å². The molecule has 2 fully saturated rings. The number of aryl methyl sites for hydroxylation is 2. The van der Waals surface area contributed by atoms with Gasteiger partial charge in [-0.1, -0.05) is 0 Å². The lowest BCUT2D eigenvalue weighted by atomic mass is 9.99. The van der Waals surface area contributed by atoms with Gasteiger partial charge in [-0.15, -0.1) is 11.3 Å². The lowest BCUT2D eigenvalue weighted by molar-refractivity contribution is 0.0648. The Hall–Kier alpha value is -2.06. The second-order valence-electron chi connectivity index (χ2n) is 7.48. The zero-order chi connectivity index (χ0) is 18.5. The molecule has 0 N–H and O–H groups in total. The summed E-state index contributed by atoms with van der Waals surface area (Å²) in [5, 5.41) is 0.944. The van der Waals surface area contributed by atoms with E-state index in [0.29, 0.717) is 0 Å². The van der Waals surface area contributed by atoms with Crippen LogP contribution in [0, 0.1) is 13.8 Å². The van der Waals surface area contributed by atoms with Gasteiger partial charge in [0.15, 0.2) is 0 Å². The number of amides is 1. The van der Waals surface area contributed by atoms with E-state index in [-0.39, 0.29) is 18.0 Å². The standard InChI is InChI=1S/C19H23N5O2S/c1-11-17(27-12(2)21-11)18(25)24-13-3-4-16(24)14-10-20-19(22-15(14)9-13)23-5-7-26-8-6-23/h10,13,16H,3-9H2,1-2H3. The molecule has 5 heterocycles. The molecule has 2 bridgehead atoms. The third kappa shape index (κ3) is 2.82. The highest BCUT2D eigenvalue weighted by atomic mass is 32.1. The fourth-order valence-corrected chi connectivity index (χ4v) is 5.40. The summed E-state index contributed by atoms with van der Waals surface area (Å²) >= 11 is 1.50. The minimum Gasteiger partial charge on any atom is -0.378 e. The third-order valence-electron chi connectivity index (χ3n) is 5.80. The Morgan fingerprint density at radius 1 is 1.22 bits per heavy atom. The maximum Gasteiger partial charge on any atom is 0.266 e. The van der Waals surface area contributed by atoms with Crippen LogP contribution in [0.3, 0.4) is 0 Å². The van der Waals surface area contributed by atoms with Gasteiger partial charge >= 0.3 is 0 Å². The Morgan fingerprint density at radius 3 is 2.78 bits per heavy atom. The monoisotopic (exact) mass is 385 g/mol. The Labute approximate surface area is 162 Å². The number of nitrogens with zero attached hydrogens (tertiary/aromatic N) is 5. The summed E-state index contributed by atoms with van der Waals surface area (Å²) in [4.78, 5) is 32.2. The van der Waals surface area contributed by atoms with E-state index in [2.05, 4.69) is 19.8 Å². The number of hydrogen-bond donors (Lipinski definition) is 0. The van der Waals surface area contributed by atoms with Crippen molar-refractivity contribution in [2.75, 3.05) is 31.2 Å². The van der Waals surface area contributed by atoms with E-state index in [0.717, 1.165) is 78.4 Å². The largest absolute Gasteiger partial charge is 0.378 e. The molecule has 2 saturated heterocycles. The van der Waals surface area contributed by atoms with Gasteiger partial charge in [-0.2, -0.15) is 0 Å². The highest BCUT2D eigenvalue weighted by Gasteiger charge is 2.44. The van der Waals surface area contributed by atoms with Crippen LogP contribution < -0.4 is 4.90 Å². The molecule has 0 radical (unpaired) electrons. The van der Waals surface area contributed by atoms with Crippen molar-refractivity contribution >= 4 is 23.2 Å². The number of aromatic nitrogens is 3. The molecule has 0 aliphatic carbocycles. The molecule has 2 aromatic rings. The van der Waals surface area contributed by atoms with Gasteiger partial charge < -0.3 is 14.5 Å². The van der Waals surface area contributed by atoms with Crippen molar-refractivity contribution < 1.29 is 9.53 Å². The number of ether oxygens (including phenoxy) is 1. The average molecular weight is 385 g/mol. The molecule has 3 aliphatic rings. The zero-order valence-electron chi connectivity index (χ0n) is 15.6. The average Bonchev–Trinajstić information content (AvgIpc) is 3.19. The van der Waals surface area contributed by atoms with Crippen molar-refractivity contribution in [3.63, 3.8) is 0 Å². The second kappa shape index (κ2) is 6.53. The molecule has 3 aliphatic heterocycles. The van der Waals surface area contributed by atoms with E-state index in [1.807, 2.05) is 20.0 Å². The molecule has 142 valence electrons. The first-order valence-electron chi connectivity index (χ1n) is 9.57. The molecule has 8 heteroatoms. The summed E-state index contributed by atoms with van der Waals surface area (Å²) in [6.45, 7) is 6.99. The zero-order valence-corrected chi connectivity index (χ0v) is 16.5. The lowest BCUT2D eigenvalue weighted by Crippen LogP contribution is -2.43. The minimum atomic E-state index is 0.0896. The first kappa shape index (κ1) is 17.1. The van der Waals surface area contributed by atoms with Crippen LogP contribution in [0.2, 0.25) is 0 Å². The van der Waals surface area contributed by atoms with Gasteiger partial charge in [0.05, 0.1) is 35.7 Å². The third-order valence-corrected chi connectivity index (χ3v) is 6.86. The predicted molar refractivity (Wildman–Crippen MR) is 102 cm³/mol. The molecule has 2 aromatic heterocycles. The molecule has 0 spiro atoms. The number of anilines is 1. The number of thiazole rings is 1. The Kier molecular flexibility index (Phi) is 4.12. The van der Waals surface area contributed by atoms with Crippen molar-refractivity contribution in [1.29, 1.82) is 0 Å². The minimum absolute atomic E-state index is 0.0896. The van der Waals surface area contributed by atoms with Crippen LogP contribution in [0.5, 0.6) is 0 Å². The molecule has 7 nitrogen and oxygen atoms in total. The number of rotatable bonds is 2. The molecule has 5 rings (SSSR count). The Morgan fingerprint density at radius 2 is 2.04 bits per heavy atom. The lowest BCUT2D eigenvalue weighted by Gasteiger charge is -2.36. The summed E-state index contributed by atoms with van der Waals surface area (Å²) in [7, 11) is 0. The van der Waals surface area contributed by atoms with E-state index < -0.39 is 0 Å². The van der Waals surface area contributed by atoms with Crippen LogP contribution in [0.15, 0.2) is 6.20 Å². The van der Waals surface area contributed by atoms with Gasteiger partial charge in [-0.25, -0.2) is 15.0 Å². The van der Waals surface area contributed by atoms with Gasteiger partial charge in [0.2, 0.25) is 5.95 Å². The maximum atomic E-state index is 13.3. The van der Waals surface area contributed by atoms with Gasteiger partial charge in [-0.05, 0) is 26.7 Å². The highest BCUT2D eigenvalue weighted by molar-refractivity contribution is 7.13. The summed E-state index contributed by atoms with van der Waals surface area (Å²) < 4.78 is 5.43. The van der Waals surface area contributed by atoms with Crippen molar-refractivity contribution in [2.45, 2.75) is 45.2 Å². The van der Waals surface area contributed by atoms with E-state index in [9.17, 15) is 4.79 Å². The molecular weight excluding hydrogens is 362 g/mol. The number of morpholine rings is 1. The van der Waals surface area contributed by atoms with Crippen molar-refractivity contribution in [1.82, 2.24) is 19.9 Å². The van der Waals surface area contributed by atoms with Crippen LogP contribution in [-0.2, 0) is 11.2 Å². The maximum absolute atomic E-state index is 13.3. The van der Waals surface area contributed by atoms with E-state index >= 15 is 0 Å². The Balaban J connectivity index is 1.45. The smallest absolute Gasteiger partial charge is 0.266 e.